The molecule has 0 amide bonds. The van der Waals surface area contributed by atoms with Gasteiger partial charge >= 0.3 is 0 Å². The van der Waals surface area contributed by atoms with Crippen LogP contribution in [-0.2, 0) is 4.74 Å². The number of imidazole rings is 1. The summed E-state index contributed by atoms with van der Waals surface area (Å²) in [6.07, 6.45) is 2.64. The van der Waals surface area contributed by atoms with Crippen molar-refractivity contribution in [2.45, 2.75) is 6.42 Å². The lowest BCUT2D eigenvalue weighted by molar-refractivity contribution is 0.0378. The maximum absolute atomic E-state index is 5.67. The average molecular weight is 277 g/mol. The number of rotatable bonds is 5. The Morgan fingerprint density at radius 1 is 1.35 bits per heavy atom. The van der Waals surface area contributed by atoms with Gasteiger partial charge in [0.1, 0.15) is 5.52 Å². The van der Waals surface area contributed by atoms with E-state index in [1.54, 1.807) is 6.33 Å². The molecule has 1 saturated heterocycles. The van der Waals surface area contributed by atoms with Crippen molar-refractivity contribution in [2.24, 2.45) is 0 Å². The summed E-state index contributed by atoms with van der Waals surface area (Å²) >= 11 is 0. The van der Waals surface area contributed by atoms with Crippen LogP contribution >= 0.6 is 0 Å². The number of H-pyrrole nitrogens is 1. The van der Waals surface area contributed by atoms with Crippen LogP contribution in [0.15, 0.2) is 6.33 Å². The van der Waals surface area contributed by atoms with Gasteiger partial charge in [0, 0.05) is 19.6 Å². The molecular weight excluding hydrogens is 258 g/mol. The Balaban J connectivity index is 1.53. The minimum atomic E-state index is 0.236. The van der Waals surface area contributed by atoms with Crippen molar-refractivity contribution in [3.8, 4) is 0 Å². The second kappa shape index (κ2) is 6.02. The molecule has 0 bridgehead atoms. The first kappa shape index (κ1) is 13.1. The molecule has 4 N–H and O–H groups in total. The zero-order valence-corrected chi connectivity index (χ0v) is 11.3. The second-order valence-corrected chi connectivity index (χ2v) is 4.77. The molecule has 0 atom stereocenters. The van der Waals surface area contributed by atoms with E-state index in [0.29, 0.717) is 11.5 Å². The molecule has 0 aliphatic carbocycles. The van der Waals surface area contributed by atoms with E-state index in [1.807, 2.05) is 0 Å². The number of aromatic nitrogens is 4. The van der Waals surface area contributed by atoms with Gasteiger partial charge in [-0.25, -0.2) is 4.98 Å². The van der Waals surface area contributed by atoms with Gasteiger partial charge in [-0.2, -0.15) is 9.97 Å². The molecule has 1 aliphatic heterocycles. The van der Waals surface area contributed by atoms with E-state index in [9.17, 15) is 0 Å². The van der Waals surface area contributed by atoms with Crippen molar-refractivity contribution < 1.29 is 4.74 Å². The van der Waals surface area contributed by atoms with Crippen molar-refractivity contribution in [1.82, 2.24) is 24.8 Å². The highest BCUT2D eigenvalue weighted by molar-refractivity contribution is 5.83. The van der Waals surface area contributed by atoms with Crippen LogP contribution in [-0.4, -0.2) is 64.2 Å². The second-order valence-electron chi connectivity index (χ2n) is 4.77. The number of nitrogens with one attached hydrogen (secondary N) is 2. The van der Waals surface area contributed by atoms with Gasteiger partial charge in [-0.1, -0.05) is 0 Å². The zero-order valence-electron chi connectivity index (χ0n) is 11.3. The van der Waals surface area contributed by atoms with Crippen LogP contribution < -0.4 is 11.1 Å². The van der Waals surface area contributed by atoms with Gasteiger partial charge < -0.3 is 20.8 Å². The van der Waals surface area contributed by atoms with Crippen LogP contribution in [0.1, 0.15) is 6.42 Å². The highest BCUT2D eigenvalue weighted by Crippen LogP contribution is 2.16. The highest BCUT2D eigenvalue weighted by atomic mass is 16.5. The molecule has 8 heteroatoms. The molecule has 0 radical (unpaired) electrons. The van der Waals surface area contributed by atoms with Crippen molar-refractivity contribution in [3.05, 3.63) is 6.33 Å². The molecule has 1 fully saturated rings. The van der Waals surface area contributed by atoms with Gasteiger partial charge in [0.2, 0.25) is 5.95 Å². The summed E-state index contributed by atoms with van der Waals surface area (Å²) in [5.74, 6) is 0.951. The molecule has 3 heterocycles. The zero-order chi connectivity index (χ0) is 13.8. The van der Waals surface area contributed by atoms with Crippen LogP contribution in [0.4, 0.5) is 11.8 Å². The molecule has 0 unspecified atom stereocenters. The summed E-state index contributed by atoms with van der Waals surface area (Å²) in [6, 6.07) is 0. The number of morpholine rings is 1. The van der Waals surface area contributed by atoms with Crippen molar-refractivity contribution in [3.63, 3.8) is 0 Å². The molecule has 2 aromatic rings. The quantitative estimate of drug-likeness (QED) is 0.664. The topological polar surface area (TPSA) is 105 Å². The number of nitrogens with two attached hydrogens (primary N) is 1. The summed E-state index contributed by atoms with van der Waals surface area (Å²) in [7, 11) is 0. The molecule has 1 aliphatic rings. The van der Waals surface area contributed by atoms with Gasteiger partial charge in [0.25, 0.3) is 0 Å². The molecular formula is C12H19N7O. The summed E-state index contributed by atoms with van der Waals surface area (Å²) < 4.78 is 5.33. The summed E-state index contributed by atoms with van der Waals surface area (Å²) in [5.41, 5.74) is 7.05. The third-order valence-corrected chi connectivity index (χ3v) is 3.35. The minimum Gasteiger partial charge on any atom is -0.379 e. The lowest BCUT2D eigenvalue weighted by atomic mass is 10.3. The van der Waals surface area contributed by atoms with Crippen LogP contribution in [0, 0.1) is 0 Å². The Bertz CT molecular complexity index is 564. The Kier molecular flexibility index (Phi) is 3.93. The van der Waals surface area contributed by atoms with E-state index in [0.717, 1.165) is 51.3 Å². The van der Waals surface area contributed by atoms with Crippen LogP contribution in [0.3, 0.4) is 0 Å². The Hall–Kier alpha value is -1.93. The standard InChI is InChI=1S/C12H19N7O/c13-12-17-10(9-11(18-12)16-8-15-9)14-2-1-3-19-4-6-20-7-5-19/h8H,1-7H2,(H4,13,14,15,16,17,18). The molecule has 20 heavy (non-hydrogen) atoms. The fourth-order valence-electron chi connectivity index (χ4n) is 2.31. The van der Waals surface area contributed by atoms with Gasteiger partial charge in [0.05, 0.1) is 19.5 Å². The molecule has 0 saturated carbocycles. The Labute approximate surface area is 116 Å². The number of anilines is 2. The molecule has 108 valence electrons. The maximum atomic E-state index is 5.67. The van der Waals surface area contributed by atoms with E-state index in [2.05, 4.69) is 30.2 Å². The number of nitrogen functional groups attached to an aromatic ring is 1. The predicted molar refractivity (Wildman–Crippen MR) is 76.5 cm³/mol. The number of hydrogen-bond donors (Lipinski definition) is 3. The van der Waals surface area contributed by atoms with E-state index in [4.69, 9.17) is 10.5 Å². The van der Waals surface area contributed by atoms with E-state index < -0.39 is 0 Å². The fourth-order valence-corrected chi connectivity index (χ4v) is 2.31. The fraction of sp³-hybridized carbons (Fsp3) is 0.583. The number of nitrogens with zero attached hydrogens (tertiary/aromatic N) is 4. The number of fused-ring (bicyclic) bond motifs is 1. The minimum absolute atomic E-state index is 0.236. The third-order valence-electron chi connectivity index (χ3n) is 3.35. The summed E-state index contributed by atoms with van der Waals surface area (Å²) in [6.45, 7) is 5.61. The van der Waals surface area contributed by atoms with E-state index in [1.165, 1.54) is 0 Å². The van der Waals surface area contributed by atoms with Crippen LogP contribution in [0.2, 0.25) is 0 Å². The Morgan fingerprint density at radius 2 is 2.20 bits per heavy atom. The molecule has 8 nitrogen and oxygen atoms in total. The van der Waals surface area contributed by atoms with Crippen molar-refractivity contribution in [1.29, 1.82) is 0 Å². The third kappa shape index (κ3) is 2.97. The predicted octanol–water partition coefficient (Wildman–Crippen LogP) is 0.0693. The number of hydrogen-bond acceptors (Lipinski definition) is 7. The lowest BCUT2D eigenvalue weighted by Crippen LogP contribution is -2.37. The molecule has 2 aromatic heterocycles. The van der Waals surface area contributed by atoms with Crippen molar-refractivity contribution in [2.75, 3.05) is 50.4 Å². The monoisotopic (exact) mass is 277 g/mol. The van der Waals surface area contributed by atoms with Crippen LogP contribution in [0.25, 0.3) is 11.2 Å². The van der Waals surface area contributed by atoms with Crippen molar-refractivity contribution >= 4 is 22.9 Å². The lowest BCUT2D eigenvalue weighted by Gasteiger charge is -2.26. The highest BCUT2D eigenvalue weighted by Gasteiger charge is 2.10. The van der Waals surface area contributed by atoms with Gasteiger partial charge in [0.15, 0.2) is 11.5 Å². The van der Waals surface area contributed by atoms with E-state index in [-0.39, 0.29) is 5.95 Å². The molecule has 3 rings (SSSR count). The Morgan fingerprint density at radius 3 is 3.05 bits per heavy atom. The summed E-state index contributed by atoms with van der Waals surface area (Å²) in [5, 5.41) is 3.29. The number of ether oxygens (including phenoxy) is 1. The van der Waals surface area contributed by atoms with E-state index >= 15 is 0 Å². The average Bonchev–Trinajstić information content (AvgIpc) is 2.92. The normalized spacial score (nSPS) is 16.6. The molecule has 0 aromatic carbocycles. The van der Waals surface area contributed by atoms with Gasteiger partial charge in [-0.05, 0) is 13.0 Å². The maximum Gasteiger partial charge on any atom is 0.224 e. The first-order valence-corrected chi connectivity index (χ1v) is 6.83. The molecule has 0 spiro atoms. The first-order chi connectivity index (χ1) is 9.83. The largest absolute Gasteiger partial charge is 0.379 e. The van der Waals surface area contributed by atoms with Gasteiger partial charge in [-0.15, -0.1) is 0 Å². The summed E-state index contributed by atoms with van der Waals surface area (Å²) in [4.78, 5) is 17.8. The number of aromatic amines is 1. The van der Waals surface area contributed by atoms with Gasteiger partial charge in [-0.3, -0.25) is 4.90 Å². The smallest absolute Gasteiger partial charge is 0.224 e. The first-order valence-electron chi connectivity index (χ1n) is 6.83. The SMILES string of the molecule is Nc1nc(NCCCN2CCOCC2)c2[nH]cnc2n1. The van der Waals surface area contributed by atoms with Crippen LogP contribution in [0.5, 0.6) is 0 Å².